The number of carbonyl (C=O) groups is 1. The number of nitrogens with one attached hydrogen (secondary N) is 1. The zero-order valence-electron chi connectivity index (χ0n) is 15.7. The Kier molecular flexibility index (Phi) is 4.81. The van der Waals surface area contributed by atoms with E-state index in [2.05, 4.69) is 15.4 Å². The molecule has 3 aromatic rings. The van der Waals surface area contributed by atoms with Crippen molar-refractivity contribution in [3.8, 4) is 5.69 Å². The molecule has 0 spiro atoms. The van der Waals surface area contributed by atoms with Crippen molar-refractivity contribution in [1.82, 2.24) is 14.8 Å². The lowest BCUT2D eigenvalue weighted by atomic mass is 10.2. The summed E-state index contributed by atoms with van der Waals surface area (Å²) in [5.41, 5.74) is 2.33. The molecule has 0 radical (unpaired) electrons. The molecule has 1 aliphatic carbocycles. The first-order valence-corrected chi connectivity index (χ1v) is 9.82. The second kappa shape index (κ2) is 7.18. The zero-order valence-corrected chi connectivity index (χ0v) is 16.5. The van der Waals surface area contributed by atoms with Crippen molar-refractivity contribution in [1.29, 1.82) is 0 Å². The van der Waals surface area contributed by atoms with Gasteiger partial charge in [0.25, 0.3) is 5.91 Å². The lowest BCUT2D eigenvalue weighted by molar-refractivity contribution is -0.141. The van der Waals surface area contributed by atoms with E-state index in [9.17, 15) is 18.0 Å². The van der Waals surface area contributed by atoms with Gasteiger partial charge in [-0.1, -0.05) is 0 Å². The molecule has 0 bridgehead atoms. The number of halogens is 3. The van der Waals surface area contributed by atoms with Crippen LogP contribution >= 0.6 is 11.3 Å². The Morgan fingerprint density at radius 2 is 1.93 bits per heavy atom. The molecule has 2 aromatic heterocycles. The fourth-order valence-electron chi connectivity index (χ4n) is 3.00. The second-order valence-corrected chi connectivity index (χ2v) is 7.89. The fraction of sp³-hybridized carbons (Fsp3) is 0.316. The van der Waals surface area contributed by atoms with Gasteiger partial charge in [0.2, 0.25) is 0 Å². The lowest BCUT2D eigenvalue weighted by Gasteiger charge is -2.12. The van der Waals surface area contributed by atoms with Crippen molar-refractivity contribution in [3.63, 3.8) is 0 Å². The summed E-state index contributed by atoms with van der Waals surface area (Å²) in [7, 11) is 3.61. The quantitative estimate of drug-likeness (QED) is 0.657. The third-order valence-electron chi connectivity index (χ3n) is 4.57. The number of anilines is 2. The molecule has 0 aliphatic heterocycles. The van der Waals surface area contributed by atoms with E-state index in [0.717, 1.165) is 18.9 Å². The highest BCUT2D eigenvalue weighted by Crippen LogP contribution is 2.43. The van der Waals surface area contributed by atoms with E-state index >= 15 is 0 Å². The number of benzene rings is 1. The topological polar surface area (TPSA) is 63.1 Å². The van der Waals surface area contributed by atoms with Gasteiger partial charge in [0.05, 0.1) is 11.2 Å². The number of rotatable bonds is 5. The summed E-state index contributed by atoms with van der Waals surface area (Å²) in [6, 6.07) is 7.71. The monoisotopic (exact) mass is 421 g/mol. The number of nitrogens with zero attached hydrogens (tertiary/aromatic N) is 4. The molecule has 1 aliphatic rings. The maximum absolute atomic E-state index is 13.1. The van der Waals surface area contributed by atoms with Crippen LogP contribution in [-0.4, -0.2) is 34.8 Å². The molecule has 0 unspecified atom stereocenters. The van der Waals surface area contributed by atoms with Gasteiger partial charge in [-0.05, 0) is 43.2 Å². The molecule has 1 aromatic carbocycles. The largest absolute Gasteiger partial charge is 0.435 e. The van der Waals surface area contributed by atoms with Crippen LogP contribution in [0.4, 0.5) is 24.7 Å². The summed E-state index contributed by atoms with van der Waals surface area (Å²) in [6.07, 6.45) is -2.76. The highest BCUT2D eigenvalue weighted by Gasteiger charge is 2.38. The number of aromatic nitrogens is 3. The third kappa shape index (κ3) is 3.98. The number of carbonyl (C=O) groups excluding carboxylic acids is 1. The van der Waals surface area contributed by atoms with E-state index in [0.29, 0.717) is 27.8 Å². The molecule has 2 heterocycles. The van der Waals surface area contributed by atoms with Crippen LogP contribution in [0, 0.1) is 0 Å². The van der Waals surface area contributed by atoms with Crippen molar-refractivity contribution in [2.75, 3.05) is 24.3 Å². The molecule has 10 heteroatoms. The predicted molar refractivity (Wildman–Crippen MR) is 105 cm³/mol. The molecule has 0 saturated heterocycles. The highest BCUT2D eigenvalue weighted by molar-refractivity contribution is 7.12. The summed E-state index contributed by atoms with van der Waals surface area (Å²) < 4.78 is 40.6. The minimum atomic E-state index is -4.48. The standard InChI is InChI=1S/C19H18F3N5OS/c1-26(2)17-16(29-10-23-17)18(28)24-12-5-7-13(8-6-12)27-14(11-3-4-11)9-15(25-27)19(20,21)22/h5-11H,3-4H2,1-2H3,(H,24,28). The number of thiazole rings is 1. The Labute approximate surface area is 169 Å². The minimum absolute atomic E-state index is 0.105. The SMILES string of the molecule is CN(C)c1ncsc1C(=O)Nc1ccc(-n2nc(C(F)(F)F)cc2C2CC2)cc1. The molecule has 152 valence electrons. The first-order chi connectivity index (χ1) is 13.7. The number of amides is 1. The van der Waals surface area contributed by atoms with Gasteiger partial charge in [-0.25, -0.2) is 9.67 Å². The molecular weight excluding hydrogens is 403 g/mol. The molecule has 1 amide bonds. The first-order valence-electron chi connectivity index (χ1n) is 8.94. The molecule has 29 heavy (non-hydrogen) atoms. The first kappa shape index (κ1) is 19.4. The van der Waals surface area contributed by atoms with E-state index in [4.69, 9.17) is 0 Å². The molecule has 1 fully saturated rings. The molecule has 0 atom stereocenters. The number of alkyl halides is 3. The van der Waals surface area contributed by atoms with Gasteiger partial charge in [0.1, 0.15) is 4.88 Å². The minimum Gasteiger partial charge on any atom is -0.361 e. The van der Waals surface area contributed by atoms with Crippen LogP contribution in [0.3, 0.4) is 0 Å². The van der Waals surface area contributed by atoms with E-state index in [1.165, 1.54) is 16.0 Å². The Morgan fingerprint density at radius 3 is 2.52 bits per heavy atom. The van der Waals surface area contributed by atoms with Crippen LogP contribution in [0.1, 0.15) is 39.8 Å². The van der Waals surface area contributed by atoms with Crippen LogP contribution < -0.4 is 10.2 Å². The van der Waals surface area contributed by atoms with E-state index in [1.807, 2.05) is 0 Å². The van der Waals surface area contributed by atoms with Crippen LogP contribution in [0.2, 0.25) is 0 Å². The Bertz CT molecular complexity index is 1040. The van der Waals surface area contributed by atoms with Gasteiger partial charge in [0, 0.05) is 31.4 Å². The molecule has 4 rings (SSSR count). The smallest absolute Gasteiger partial charge is 0.361 e. The molecule has 6 nitrogen and oxygen atoms in total. The van der Waals surface area contributed by atoms with Crippen molar-refractivity contribution < 1.29 is 18.0 Å². The van der Waals surface area contributed by atoms with Crippen LogP contribution in [-0.2, 0) is 6.18 Å². The molecule has 1 N–H and O–H groups in total. The van der Waals surface area contributed by atoms with E-state index in [-0.39, 0.29) is 11.8 Å². The maximum Gasteiger partial charge on any atom is 0.435 e. The van der Waals surface area contributed by atoms with Gasteiger partial charge >= 0.3 is 6.18 Å². The van der Waals surface area contributed by atoms with Crippen LogP contribution in [0.25, 0.3) is 5.69 Å². The third-order valence-corrected chi connectivity index (χ3v) is 5.39. The van der Waals surface area contributed by atoms with Crippen LogP contribution in [0.15, 0.2) is 35.8 Å². The average molecular weight is 421 g/mol. The van der Waals surface area contributed by atoms with E-state index < -0.39 is 11.9 Å². The number of hydrogen-bond donors (Lipinski definition) is 1. The average Bonchev–Trinajstić information content (AvgIpc) is 3.20. The lowest BCUT2D eigenvalue weighted by Crippen LogP contribution is -2.17. The maximum atomic E-state index is 13.1. The van der Waals surface area contributed by atoms with Crippen LogP contribution in [0.5, 0.6) is 0 Å². The van der Waals surface area contributed by atoms with Gasteiger partial charge in [-0.2, -0.15) is 18.3 Å². The summed E-state index contributed by atoms with van der Waals surface area (Å²) in [5.74, 6) is 0.393. The summed E-state index contributed by atoms with van der Waals surface area (Å²) in [4.78, 5) is 18.9. The normalized spacial score (nSPS) is 14.1. The van der Waals surface area contributed by atoms with Crippen molar-refractivity contribution >= 4 is 28.7 Å². The van der Waals surface area contributed by atoms with Crippen molar-refractivity contribution in [3.05, 3.63) is 52.1 Å². The van der Waals surface area contributed by atoms with Crippen molar-refractivity contribution in [2.45, 2.75) is 24.9 Å². The fourth-order valence-corrected chi connectivity index (χ4v) is 3.76. The molecular formula is C19H18F3N5OS. The van der Waals surface area contributed by atoms with Gasteiger partial charge in [-0.3, -0.25) is 4.79 Å². The van der Waals surface area contributed by atoms with Gasteiger partial charge in [0.15, 0.2) is 11.5 Å². The Morgan fingerprint density at radius 1 is 1.24 bits per heavy atom. The summed E-state index contributed by atoms with van der Waals surface area (Å²) >= 11 is 1.24. The molecule has 1 saturated carbocycles. The van der Waals surface area contributed by atoms with E-state index in [1.54, 1.807) is 48.8 Å². The summed E-state index contributed by atoms with van der Waals surface area (Å²) in [5, 5.41) is 6.56. The zero-order chi connectivity index (χ0) is 20.8. The van der Waals surface area contributed by atoms with Gasteiger partial charge < -0.3 is 10.2 Å². The second-order valence-electron chi connectivity index (χ2n) is 7.04. The highest BCUT2D eigenvalue weighted by atomic mass is 32.1. The predicted octanol–water partition coefficient (Wildman–Crippen LogP) is 4.54. The van der Waals surface area contributed by atoms with Gasteiger partial charge in [-0.15, -0.1) is 11.3 Å². The number of hydrogen-bond acceptors (Lipinski definition) is 5. The van der Waals surface area contributed by atoms with Crippen molar-refractivity contribution in [2.24, 2.45) is 0 Å². The Balaban J connectivity index is 1.56. The summed E-state index contributed by atoms with van der Waals surface area (Å²) in [6.45, 7) is 0. The Hall–Kier alpha value is -2.88.